The van der Waals surface area contributed by atoms with Gasteiger partial charge in [0.05, 0.1) is 6.10 Å². The molecule has 2 bridgehead atoms. The van der Waals surface area contributed by atoms with Crippen molar-refractivity contribution in [1.29, 1.82) is 0 Å². The molecule has 0 N–H and O–H groups in total. The van der Waals surface area contributed by atoms with E-state index in [0.29, 0.717) is 28.7 Å². The van der Waals surface area contributed by atoms with Crippen LogP contribution in [0.5, 0.6) is 0 Å². The van der Waals surface area contributed by atoms with Crippen molar-refractivity contribution in [2.45, 2.75) is 57.5 Å². The number of rotatable bonds is 4. The maximum absolute atomic E-state index is 12.0. The van der Waals surface area contributed by atoms with Gasteiger partial charge >= 0.3 is 5.97 Å². The van der Waals surface area contributed by atoms with Crippen molar-refractivity contribution in [2.24, 2.45) is 23.7 Å². The number of fused-ring (bicyclic) bond motifs is 5. The fraction of sp³-hybridized carbons (Fsp3) is 0.737. The maximum atomic E-state index is 12.0. The second-order valence-electron chi connectivity index (χ2n) is 7.68. The van der Waals surface area contributed by atoms with Gasteiger partial charge in [-0.1, -0.05) is 12.2 Å². The van der Waals surface area contributed by atoms with Gasteiger partial charge in [0.25, 0.3) is 11.8 Å². The second kappa shape index (κ2) is 6.90. The molecule has 6 heteroatoms. The van der Waals surface area contributed by atoms with Crippen LogP contribution < -0.4 is 0 Å². The van der Waals surface area contributed by atoms with Crippen LogP contribution in [0.4, 0.5) is 0 Å². The summed E-state index contributed by atoms with van der Waals surface area (Å²) in [6, 6.07) is 0. The first-order chi connectivity index (χ1) is 12.1. The fourth-order valence-electron chi connectivity index (χ4n) is 5.45. The Balaban J connectivity index is 1.33. The highest BCUT2D eigenvalue weighted by Gasteiger charge is 2.54. The third-order valence-corrected chi connectivity index (χ3v) is 6.42. The average molecular weight is 347 g/mol. The van der Waals surface area contributed by atoms with E-state index >= 15 is 0 Å². The molecule has 0 aromatic rings. The molecule has 1 heterocycles. The molecule has 4 rings (SSSR count). The molecule has 1 saturated heterocycles. The third-order valence-electron chi connectivity index (χ3n) is 6.42. The van der Waals surface area contributed by atoms with E-state index in [1.807, 2.05) is 0 Å². The van der Waals surface area contributed by atoms with Crippen LogP contribution in [0.1, 0.15) is 51.4 Å². The van der Waals surface area contributed by atoms with E-state index in [9.17, 15) is 14.4 Å². The highest BCUT2D eigenvalue weighted by molar-refractivity contribution is 6.01. The molecule has 3 fully saturated rings. The van der Waals surface area contributed by atoms with Crippen molar-refractivity contribution in [1.82, 2.24) is 5.06 Å². The second-order valence-corrected chi connectivity index (χ2v) is 7.68. The Morgan fingerprint density at radius 2 is 1.48 bits per heavy atom. The van der Waals surface area contributed by atoms with Crippen molar-refractivity contribution in [3.8, 4) is 0 Å². The number of carbonyl (C=O) groups is 3. The fourth-order valence-corrected chi connectivity index (χ4v) is 5.45. The predicted molar refractivity (Wildman–Crippen MR) is 87.7 cm³/mol. The first-order valence-corrected chi connectivity index (χ1v) is 9.48. The minimum absolute atomic E-state index is 0.108. The number of imide groups is 1. The smallest absolute Gasteiger partial charge is 0.358 e. The summed E-state index contributed by atoms with van der Waals surface area (Å²) < 4.78 is 5.96. The summed E-state index contributed by atoms with van der Waals surface area (Å²) >= 11 is 0. The molecule has 25 heavy (non-hydrogen) atoms. The number of hydrogen-bond donors (Lipinski definition) is 0. The third kappa shape index (κ3) is 3.12. The van der Waals surface area contributed by atoms with Crippen LogP contribution in [-0.2, 0) is 24.0 Å². The molecular weight excluding hydrogens is 322 g/mol. The highest BCUT2D eigenvalue weighted by Crippen LogP contribution is 2.57. The molecule has 4 unspecified atom stereocenters. The SMILES string of the molecule is O=C(COC1C2CCC1C1CCC=CCCC12)ON1C(=O)CCC1=O. The Morgan fingerprint density at radius 1 is 0.920 bits per heavy atom. The summed E-state index contributed by atoms with van der Waals surface area (Å²) in [5, 5.41) is 0.592. The summed E-state index contributed by atoms with van der Waals surface area (Å²) in [5.41, 5.74) is 0. The summed E-state index contributed by atoms with van der Waals surface area (Å²) in [7, 11) is 0. The Bertz CT molecular complexity index is 561. The van der Waals surface area contributed by atoms with Crippen molar-refractivity contribution in [3.63, 3.8) is 0 Å². The van der Waals surface area contributed by atoms with E-state index in [-0.39, 0.29) is 25.6 Å². The number of nitrogens with zero attached hydrogens (tertiary/aromatic N) is 1. The number of allylic oxidation sites excluding steroid dienone is 2. The van der Waals surface area contributed by atoms with Crippen LogP contribution in [0.3, 0.4) is 0 Å². The monoisotopic (exact) mass is 347 g/mol. The Hall–Kier alpha value is -1.69. The minimum atomic E-state index is -0.658. The van der Waals surface area contributed by atoms with Crippen molar-refractivity contribution < 1.29 is 24.0 Å². The maximum Gasteiger partial charge on any atom is 0.358 e. The number of hydroxylamine groups is 2. The summed E-state index contributed by atoms with van der Waals surface area (Å²) in [6.07, 6.45) is 12.0. The molecule has 1 aliphatic heterocycles. The van der Waals surface area contributed by atoms with Crippen LogP contribution in [0.25, 0.3) is 0 Å². The molecule has 0 aromatic heterocycles. The minimum Gasteiger partial charge on any atom is -0.366 e. The van der Waals surface area contributed by atoms with Gasteiger partial charge in [-0.3, -0.25) is 9.59 Å². The summed E-state index contributed by atoms with van der Waals surface area (Å²) in [5.74, 6) is 0.899. The molecule has 4 atom stereocenters. The lowest BCUT2D eigenvalue weighted by Gasteiger charge is -2.31. The van der Waals surface area contributed by atoms with Crippen LogP contribution >= 0.6 is 0 Å². The van der Waals surface area contributed by atoms with Gasteiger partial charge < -0.3 is 9.57 Å². The zero-order valence-electron chi connectivity index (χ0n) is 14.4. The van der Waals surface area contributed by atoms with E-state index < -0.39 is 17.8 Å². The lowest BCUT2D eigenvalue weighted by Crippen LogP contribution is -2.34. The van der Waals surface area contributed by atoms with Crippen molar-refractivity contribution >= 4 is 17.8 Å². The number of hydrogen-bond acceptors (Lipinski definition) is 5. The zero-order chi connectivity index (χ0) is 17.4. The molecule has 3 aliphatic carbocycles. The van der Waals surface area contributed by atoms with Crippen LogP contribution in [0.2, 0.25) is 0 Å². The molecule has 0 radical (unpaired) electrons. The largest absolute Gasteiger partial charge is 0.366 e. The molecular formula is C19H25NO5. The summed E-state index contributed by atoms with van der Waals surface area (Å²) in [4.78, 5) is 39.9. The van der Waals surface area contributed by atoms with Gasteiger partial charge in [-0.25, -0.2) is 4.79 Å². The van der Waals surface area contributed by atoms with Gasteiger partial charge in [0.15, 0.2) is 0 Å². The zero-order valence-corrected chi connectivity index (χ0v) is 14.4. The van der Waals surface area contributed by atoms with Crippen LogP contribution in [0, 0.1) is 23.7 Å². The molecule has 0 spiro atoms. The topological polar surface area (TPSA) is 72.9 Å². The normalized spacial score (nSPS) is 37.1. The van der Waals surface area contributed by atoms with Gasteiger partial charge in [0.2, 0.25) is 0 Å². The Labute approximate surface area is 147 Å². The summed E-state index contributed by atoms with van der Waals surface area (Å²) in [6.45, 7) is -0.188. The average Bonchev–Trinajstić information content (AvgIpc) is 3.19. The molecule has 4 aliphatic rings. The quantitative estimate of drug-likeness (QED) is 0.577. The first-order valence-electron chi connectivity index (χ1n) is 9.48. The van der Waals surface area contributed by atoms with Gasteiger partial charge in [-0.2, -0.15) is 0 Å². The van der Waals surface area contributed by atoms with E-state index in [1.165, 1.54) is 25.7 Å². The Kier molecular flexibility index (Phi) is 4.63. The molecule has 136 valence electrons. The first kappa shape index (κ1) is 16.8. The van der Waals surface area contributed by atoms with Gasteiger partial charge in [-0.05, 0) is 62.2 Å². The lowest BCUT2D eigenvalue weighted by atomic mass is 9.74. The molecule has 6 nitrogen and oxygen atoms in total. The van der Waals surface area contributed by atoms with E-state index in [1.54, 1.807) is 0 Å². The van der Waals surface area contributed by atoms with E-state index in [4.69, 9.17) is 9.57 Å². The van der Waals surface area contributed by atoms with Crippen LogP contribution in [0.15, 0.2) is 12.2 Å². The lowest BCUT2D eigenvalue weighted by molar-refractivity contribution is -0.201. The highest BCUT2D eigenvalue weighted by atomic mass is 16.7. The van der Waals surface area contributed by atoms with Gasteiger partial charge in [-0.15, -0.1) is 5.06 Å². The van der Waals surface area contributed by atoms with Crippen molar-refractivity contribution in [3.05, 3.63) is 12.2 Å². The Morgan fingerprint density at radius 3 is 2.04 bits per heavy atom. The van der Waals surface area contributed by atoms with Gasteiger partial charge in [0.1, 0.15) is 6.61 Å². The van der Waals surface area contributed by atoms with Gasteiger partial charge in [0, 0.05) is 12.8 Å². The molecule has 2 saturated carbocycles. The number of carbonyl (C=O) groups excluding carboxylic acids is 3. The predicted octanol–water partition coefficient (Wildman–Crippen LogP) is 2.38. The van der Waals surface area contributed by atoms with Crippen LogP contribution in [-0.4, -0.2) is 35.6 Å². The number of ether oxygens (including phenoxy) is 1. The van der Waals surface area contributed by atoms with E-state index in [0.717, 1.165) is 12.8 Å². The number of amides is 2. The van der Waals surface area contributed by atoms with Crippen molar-refractivity contribution in [2.75, 3.05) is 6.61 Å². The molecule has 2 amide bonds. The standard InChI is InChI=1S/C19H25NO5/c21-16-9-10-17(22)20(16)25-18(23)11-24-19-14-7-8-15(19)13-6-4-2-1-3-5-12(13)14/h1-2,12-15,19H,3-11H2. The molecule has 0 aromatic carbocycles. The van der Waals surface area contributed by atoms with E-state index in [2.05, 4.69) is 12.2 Å².